The Morgan fingerprint density at radius 2 is 1.93 bits per heavy atom. The summed E-state index contributed by atoms with van der Waals surface area (Å²) in [4.78, 5) is 36.6. The molecule has 2 aromatic carbocycles. The van der Waals surface area contributed by atoms with Gasteiger partial charge in [-0.3, -0.25) is 4.79 Å². The van der Waals surface area contributed by atoms with Crippen LogP contribution in [0.3, 0.4) is 0 Å². The van der Waals surface area contributed by atoms with Gasteiger partial charge in [0.05, 0.1) is 7.11 Å². The highest BCUT2D eigenvalue weighted by Crippen LogP contribution is 2.30. The lowest BCUT2D eigenvalue weighted by Gasteiger charge is -2.33. The molecule has 2 unspecified atom stereocenters. The van der Waals surface area contributed by atoms with Gasteiger partial charge >= 0.3 is 6.09 Å². The number of fused-ring (bicyclic) bond motifs is 2. The fourth-order valence-electron chi connectivity index (χ4n) is 5.77. The zero-order valence-corrected chi connectivity index (χ0v) is 23.6. The Balaban J connectivity index is 1.32. The van der Waals surface area contributed by atoms with Gasteiger partial charge in [-0.1, -0.05) is 42.5 Å². The summed E-state index contributed by atoms with van der Waals surface area (Å²) >= 11 is 0. The van der Waals surface area contributed by atoms with Gasteiger partial charge in [0, 0.05) is 57.8 Å². The molecule has 10 heteroatoms. The Labute approximate surface area is 239 Å². The molecular formula is C31H37N5O5. The number of hydrogen-bond donors (Lipinski definition) is 2. The Hall–Kier alpha value is -4.18. The number of carbonyl (C=O) groups excluding carboxylic acids is 1. The molecule has 0 aliphatic carbocycles. The summed E-state index contributed by atoms with van der Waals surface area (Å²) in [7, 11) is 3.28. The van der Waals surface area contributed by atoms with Crippen LogP contribution < -0.4 is 10.1 Å². The number of amides is 2. The van der Waals surface area contributed by atoms with Crippen molar-refractivity contribution in [2.75, 3.05) is 33.9 Å². The molecule has 1 aliphatic heterocycles. The summed E-state index contributed by atoms with van der Waals surface area (Å²) in [6, 6.07) is 17.3. The lowest BCUT2D eigenvalue weighted by atomic mass is 9.95. The van der Waals surface area contributed by atoms with E-state index in [4.69, 9.17) is 14.5 Å². The van der Waals surface area contributed by atoms with Crippen molar-refractivity contribution in [3.05, 3.63) is 66.0 Å². The third-order valence-electron chi connectivity index (χ3n) is 7.72. The number of nitrogens with zero attached hydrogens (tertiary/aromatic N) is 4. The van der Waals surface area contributed by atoms with Gasteiger partial charge in [0.1, 0.15) is 11.3 Å². The molecule has 3 heterocycles. The minimum Gasteiger partial charge on any atom is -0.481 e. The second-order valence-electron chi connectivity index (χ2n) is 10.6. The second-order valence-corrected chi connectivity index (χ2v) is 10.6. The SMILES string of the molecule is COCCCn1c(C2CCCN(C(=O)CC(Cc3ccc4ccccc4c3)NC(=O)O)C2)nc2ccc(OC)nc21. The standard InChI is InChI=1S/C31H37N5O5/c1-40-16-6-15-36-29(33-26-12-13-27(41-2)34-30(26)36)24-9-5-14-35(20-24)28(37)19-25(32-31(38)39)18-21-10-11-22-7-3-4-8-23(22)17-21/h3-4,7-8,10-13,17,24-25,32H,5-6,9,14-16,18-20H2,1-2H3,(H,38,39). The summed E-state index contributed by atoms with van der Waals surface area (Å²) in [5.74, 6) is 1.42. The number of carboxylic acid groups (broad SMARTS) is 1. The van der Waals surface area contributed by atoms with E-state index in [2.05, 4.69) is 20.9 Å². The van der Waals surface area contributed by atoms with Crippen LogP contribution in [0.5, 0.6) is 5.88 Å². The highest BCUT2D eigenvalue weighted by molar-refractivity contribution is 5.83. The molecule has 0 radical (unpaired) electrons. The van der Waals surface area contributed by atoms with Crippen LogP contribution in [-0.2, 0) is 22.5 Å². The van der Waals surface area contributed by atoms with E-state index in [1.54, 1.807) is 20.3 Å². The smallest absolute Gasteiger partial charge is 0.404 e. The Kier molecular flexibility index (Phi) is 8.98. The molecule has 41 heavy (non-hydrogen) atoms. The molecule has 1 fully saturated rings. The predicted octanol–water partition coefficient (Wildman–Crippen LogP) is 4.60. The van der Waals surface area contributed by atoms with E-state index in [9.17, 15) is 14.7 Å². The first-order chi connectivity index (χ1) is 19.9. The molecular weight excluding hydrogens is 522 g/mol. The quantitative estimate of drug-likeness (QED) is 0.258. The van der Waals surface area contributed by atoms with Crippen LogP contribution in [0.2, 0.25) is 0 Å². The largest absolute Gasteiger partial charge is 0.481 e. The van der Waals surface area contributed by atoms with E-state index in [-0.39, 0.29) is 18.2 Å². The topological polar surface area (TPSA) is 119 Å². The third kappa shape index (κ3) is 6.77. The first-order valence-corrected chi connectivity index (χ1v) is 14.1. The number of rotatable bonds is 11. The zero-order valence-electron chi connectivity index (χ0n) is 23.6. The Morgan fingerprint density at radius 3 is 2.71 bits per heavy atom. The average Bonchev–Trinajstić information content (AvgIpc) is 3.34. The molecule has 1 saturated heterocycles. The van der Waals surface area contributed by atoms with Gasteiger partial charge in [0.2, 0.25) is 11.8 Å². The van der Waals surface area contributed by atoms with E-state index < -0.39 is 12.1 Å². The number of nitrogens with one attached hydrogen (secondary N) is 1. The van der Waals surface area contributed by atoms with Gasteiger partial charge in [-0.05, 0) is 48.1 Å². The number of hydrogen-bond acceptors (Lipinski definition) is 6. The van der Waals surface area contributed by atoms with Crippen molar-refractivity contribution in [1.82, 2.24) is 24.8 Å². The van der Waals surface area contributed by atoms with Crippen molar-refractivity contribution >= 4 is 33.9 Å². The van der Waals surface area contributed by atoms with Gasteiger partial charge in [0.25, 0.3) is 0 Å². The number of pyridine rings is 1. The number of aromatic nitrogens is 3. The average molecular weight is 560 g/mol. The molecule has 0 saturated carbocycles. The monoisotopic (exact) mass is 559 g/mol. The molecule has 216 valence electrons. The molecule has 2 N–H and O–H groups in total. The number of methoxy groups -OCH3 is 2. The predicted molar refractivity (Wildman–Crippen MR) is 156 cm³/mol. The van der Waals surface area contributed by atoms with E-state index >= 15 is 0 Å². The summed E-state index contributed by atoms with van der Waals surface area (Å²) in [6.07, 6.45) is 1.95. The van der Waals surface area contributed by atoms with Crippen LogP contribution in [0.1, 0.15) is 43.0 Å². The first kappa shape index (κ1) is 28.4. The number of carbonyl (C=O) groups is 2. The third-order valence-corrected chi connectivity index (χ3v) is 7.72. The van der Waals surface area contributed by atoms with Gasteiger partial charge in [-0.2, -0.15) is 4.98 Å². The summed E-state index contributed by atoms with van der Waals surface area (Å²) in [6.45, 7) is 2.48. The van der Waals surface area contributed by atoms with Crippen molar-refractivity contribution in [2.45, 2.75) is 50.6 Å². The minimum atomic E-state index is -1.13. The van der Waals surface area contributed by atoms with Crippen molar-refractivity contribution in [3.8, 4) is 5.88 Å². The Bertz CT molecular complexity index is 1520. The lowest BCUT2D eigenvalue weighted by molar-refractivity contribution is -0.132. The lowest BCUT2D eigenvalue weighted by Crippen LogP contribution is -2.44. The maximum atomic E-state index is 13.5. The number of ether oxygens (including phenoxy) is 2. The van der Waals surface area contributed by atoms with Crippen molar-refractivity contribution in [2.24, 2.45) is 0 Å². The van der Waals surface area contributed by atoms with Crippen LogP contribution in [-0.4, -0.2) is 76.5 Å². The van der Waals surface area contributed by atoms with Crippen LogP contribution >= 0.6 is 0 Å². The highest BCUT2D eigenvalue weighted by Gasteiger charge is 2.30. The first-order valence-electron chi connectivity index (χ1n) is 14.1. The molecule has 1 aliphatic rings. The number of piperidine rings is 1. The molecule has 0 spiro atoms. The number of benzene rings is 2. The van der Waals surface area contributed by atoms with E-state index in [0.717, 1.165) is 52.6 Å². The maximum Gasteiger partial charge on any atom is 0.404 e. The molecule has 0 bridgehead atoms. The van der Waals surface area contributed by atoms with Crippen LogP contribution in [0, 0.1) is 0 Å². The number of aryl methyl sites for hydroxylation is 1. The molecule has 2 atom stereocenters. The number of imidazole rings is 1. The molecule has 4 aromatic rings. The maximum absolute atomic E-state index is 13.5. The second kappa shape index (κ2) is 13.0. The van der Waals surface area contributed by atoms with Crippen molar-refractivity contribution < 1.29 is 24.2 Å². The van der Waals surface area contributed by atoms with Gasteiger partial charge in [-0.25, -0.2) is 9.78 Å². The highest BCUT2D eigenvalue weighted by atomic mass is 16.5. The summed E-state index contributed by atoms with van der Waals surface area (Å²) < 4.78 is 12.8. The van der Waals surface area contributed by atoms with Crippen molar-refractivity contribution in [1.29, 1.82) is 0 Å². The van der Waals surface area contributed by atoms with Gasteiger partial charge < -0.3 is 29.4 Å². The van der Waals surface area contributed by atoms with Crippen LogP contribution in [0.4, 0.5) is 4.79 Å². The molecule has 5 rings (SSSR count). The van der Waals surface area contributed by atoms with E-state index in [1.807, 2.05) is 47.4 Å². The molecule has 2 amide bonds. The Morgan fingerprint density at radius 1 is 1.10 bits per heavy atom. The number of likely N-dealkylation sites (tertiary alicyclic amines) is 1. The molecule has 2 aromatic heterocycles. The van der Waals surface area contributed by atoms with Crippen LogP contribution in [0.15, 0.2) is 54.6 Å². The zero-order chi connectivity index (χ0) is 28.8. The fraction of sp³-hybridized carbons (Fsp3) is 0.419. The van der Waals surface area contributed by atoms with E-state index in [1.165, 1.54) is 0 Å². The summed E-state index contributed by atoms with van der Waals surface area (Å²) in [5, 5.41) is 14.3. The summed E-state index contributed by atoms with van der Waals surface area (Å²) in [5.41, 5.74) is 2.54. The van der Waals surface area contributed by atoms with Gasteiger partial charge in [0.15, 0.2) is 5.65 Å². The minimum absolute atomic E-state index is 0.0433. The molecule has 10 nitrogen and oxygen atoms in total. The van der Waals surface area contributed by atoms with Crippen LogP contribution in [0.25, 0.3) is 21.9 Å². The van der Waals surface area contributed by atoms with Crippen molar-refractivity contribution in [3.63, 3.8) is 0 Å². The fourth-order valence-corrected chi connectivity index (χ4v) is 5.77. The van der Waals surface area contributed by atoms with E-state index in [0.29, 0.717) is 38.5 Å². The normalized spacial score (nSPS) is 16.1. The van der Waals surface area contributed by atoms with Gasteiger partial charge in [-0.15, -0.1) is 0 Å².